The van der Waals surface area contributed by atoms with Gasteiger partial charge in [0.05, 0.1) is 0 Å². The number of benzene rings is 3. The molecule has 6 nitrogen and oxygen atoms in total. The van der Waals surface area contributed by atoms with Crippen molar-refractivity contribution in [1.29, 1.82) is 0 Å². The Bertz CT molecular complexity index is 1060. The van der Waals surface area contributed by atoms with Gasteiger partial charge in [-0.15, -0.1) is 0 Å². The first-order chi connectivity index (χ1) is 15.6. The zero-order chi connectivity index (χ0) is 22.3. The average molecular weight is 433 g/mol. The van der Waals surface area contributed by atoms with Crippen molar-refractivity contribution >= 4 is 17.6 Å². The Kier molecular flexibility index (Phi) is 6.65. The molecule has 1 heterocycles. The molecule has 0 unspecified atom stereocenters. The third-order valence-electron chi connectivity index (χ3n) is 5.25. The van der Waals surface area contributed by atoms with Gasteiger partial charge in [0.1, 0.15) is 17.3 Å². The molecule has 7 heteroatoms. The van der Waals surface area contributed by atoms with E-state index in [1.165, 1.54) is 24.3 Å². The monoisotopic (exact) mass is 433 g/mol. The Morgan fingerprint density at radius 2 is 1.38 bits per heavy atom. The van der Waals surface area contributed by atoms with Crippen molar-refractivity contribution in [3.8, 4) is 11.5 Å². The van der Waals surface area contributed by atoms with E-state index in [4.69, 9.17) is 4.74 Å². The van der Waals surface area contributed by atoms with Gasteiger partial charge in [0.25, 0.3) is 5.91 Å². The summed E-state index contributed by atoms with van der Waals surface area (Å²) in [5.41, 5.74) is 1.11. The molecule has 0 spiro atoms. The van der Waals surface area contributed by atoms with Crippen LogP contribution in [-0.2, 0) is 0 Å². The second-order valence-corrected chi connectivity index (χ2v) is 7.51. The molecule has 0 atom stereocenters. The Hall–Kier alpha value is -3.87. The molecular formula is C25H24FN3O3. The lowest BCUT2D eigenvalue weighted by atomic mass is 10.2. The molecule has 0 aliphatic carbocycles. The maximum absolute atomic E-state index is 13.1. The van der Waals surface area contributed by atoms with E-state index in [9.17, 15) is 14.0 Å². The minimum Gasteiger partial charge on any atom is -0.457 e. The van der Waals surface area contributed by atoms with Crippen LogP contribution in [-0.4, -0.2) is 47.9 Å². The lowest BCUT2D eigenvalue weighted by Gasteiger charge is -2.22. The number of hydrogen-bond donors (Lipinski definition) is 1. The highest BCUT2D eigenvalue weighted by molar-refractivity contribution is 5.94. The second-order valence-electron chi connectivity index (χ2n) is 7.51. The van der Waals surface area contributed by atoms with Crippen molar-refractivity contribution in [2.45, 2.75) is 6.42 Å². The molecule has 1 saturated heterocycles. The van der Waals surface area contributed by atoms with Crippen LogP contribution in [0.4, 0.5) is 14.9 Å². The van der Waals surface area contributed by atoms with E-state index in [0.717, 1.165) is 5.75 Å². The van der Waals surface area contributed by atoms with E-state index in [1.54, 1.807) is 34.1 Å². The molecule has 0 bridgehead atoms. The Labute approximate surface area is 186 Å². The van der Waals surface area contributed by atoms with Gasteiger partial charge in [-0.3, -0.25) is 4.79 Å². The van der Waals surface area contributed by atoms with Crippen LogP contribution >= 0.6 is 0 Å². The smallest absolute Gasteiger partial charge is 0.321 e. The summed E-state index contributed by atoms with van der Waals surface area (Å²) in [5.74, 6) is 0.897. The van der Waals surface area contributed by atoms with Gasteiger partial charge in [0.15, 0.2) is 0 Å². The first-order valence-electron chi connectivity index (χ1n) is 10.5. The third-order valence-corrected chi connectivity index (χ3v) is 5.25. The van der Waals surface area contributed by atoms with E-state index < -0.39 is 0 Å². The standard InChI is InChI=1S/C25H24FN3O3/c26-20-9-7-19(8-10-20)24(30)28-15-4-16-29(18-17-28)25(31)27-21-11-13-23(14-12-21)32-22-5-2-1-3-6-22/h1-3,5-14H,4,15-18H2,(H,27,31). The van der Waals surface area contributed by atoms with Gasteiger partial charge in [0, 0.05) is 37.4 Å². The summed E-state index contributed by atoms with van der Waals surface area (Å²) in [6, 6.07) is 22.0. The van der Waals surface area contributed by atoms with Crippen LogP contribution in [0.1, 0.15) is 16.8 Å². The van der Waals surface area contributed by atoms with Gasteiger partial charge < -0.3 is 19.9 Å². The predicted molar refractivity (Wildman–Crippen MR) is 120 cm³/mol. The fourth-order valence-corrected chi connectivity index (χ4v) is 3.53. The molecular weight excluding hydrogens is 409 g/mol. The van der Waals surface area contributed by atoms with E-state index >= 15 is 0 Å². The number of nitrogens with one attached hydrogen (secondary N) is 1. The van der Waals surface area contributed by atoms with Gasteiger partial charge >= 0.3 is 6.03 Å². The van der Waals surface area contributed by atoms with E-state index in [1.807, 2.05) is 30.3 Å². The molecule has 1 N–H and O–H groups in total. The number of carbonyl (C=O) groups excluding carboxylic acids is 2. The highest BCUT2D eigenvalue weighted by Crippen LogP contribution is 2.23. The maximum Gasteiger partial charge on any atom is 0.321 e. The van der Waals surface area contributed by atoms with E-state index in [-0.39, 0.29) is 17.8 Å². The lowest BCUT2D eigenvalue weighted by Crippen LogP contribution is -2.39. The van der Waals surface area contributed by atoms with Gasteiger partial charge in [0.2, 0.25) is 0 Å². The van der Waals surface area contributed by atoms with Crippen LogP contribution in [0.5, 0.6) is 11.5 Å². The Balaban J connectivity index is 1.31. The molecule has 3 amide bonds. The molecule has 0 radical (unpaired) electrons. The zero-order valence-electron chi connectivity index (χ0n) is 17.5. The molecule has 3 aromatic rings. The summed E-state index contributed by atoms with van der Waals surface area (Å²) in [4.78, 5) is 28.8. The second kappa shape index (κ2) is 9.96. The summed E-state index contributed by atoms with van der Waals surface area (Å²) in [6.07, 6.45) is 0.671. The Morgan fingerprint density at radius 3 is 2.09 bits per heavy atom. The number of rotatable bonds is 4. The lowest BCUT2D eigenvalue weighted by molar-refractivity contribution is 0.0762. The van der Waals surface area contributed by atoms with Crippen molar-refractivity contribution in [2.24, 2.45) is 0 Å². The number of urea groups is 1. The largest absolute Gasteiger partial charge is 0.457 e. The van der Waals surface area contributed by atoms with Crippen molar-refractivity contribution in [2.75, 3.05) is 31.5 Å². The quantitative estimate of drug-likeness (QED) is 0.630. The number of para-hydroxylation sites is 1. The maximum atomic E-state index is 13.1. The molecule has 1 fully saturated rings. The first kappa shape index (κ1) is 21.4. The summed E-state index contributed by atoms with van der Waals surface area (Å²) in [7, 11) is 0. The molecule has 32 heavy (non-hydrogen) atoms. The highest BCUT2D eigenvalue weighted by atomic mass is 19.1. The Morgan fingerprint density at radius 1 is 0.750 bits per heavy atom. The first-order valence-corrected chi connectivity index (χ1v) is 10.5. The fraction of sp³-hybridized carbons (Fsp3) is 0.200. The number of amides is 3. The zero-order valence-corrected chi connectivity index (χ0v) is 17.5. The SMILES string of the molecule is O=C(Nc1ccc(Oc2ccccc2)cc1)N1CCCN(C(=O)c2ccc(F)cc2)CC1. The normalized spacial score (nSPS) is 13.9. The number of anilines is 1. The van der Waals surface area contributed by atoms with Crippen LogP contribution in [0.2, 0.25) is 0 Å². The number of ether oxygens (including phenoxy) is 1. The van der Waals surface area contributed by atoms with E-state index in [2.05, 4.69) is 5.32 Å². The van der Waals surface area contributed by atoms with Gasteiger partial charge in [-0.2, -0.15) is 0 Å². The van der Waals surface area contributed by atoms with Gasteiger partial charge in [-0.1, -0.05) is 18.2 Å². The summed E-state index contributed by atoms with van der Waals surface area (Å²) < 4.78 is 18.9. The molecule has 1 aliphatic heterocycles. The van der Waals surface area contributed by atoms with Crippen molar-refractivity contribution in [3.63, 3.8) is 0 Å². The van der Waals surface area contributed by atoms with Crippen molar-refractivity contribution in [1.82, 2.24) is 9.80 Å². The van der Waals surface area contributed by atoms with Crippen molar-refractivity contribution < 1.29 is 18.7 Å². The van der Waals surface area contributed by atoms with Gasteiger partial charge in [-0.05, 0) is 67.1 Å². The topological polar surface area (TPSA) is 61.9 Å². The minimum absolute atomic E-state index is 0.152. The van der Waals surface area contributed by atoms with Crippen LogP contribution in [0.3, 0.4) is 0 Å². The van der Waals surface area contributed by atoms with Crippen LogP contribution in [0.15, 0.2) is 78.9 Å². The average Bonchev–Trinajstić information content (AvgIpc) is 3.08. The number of hydrogen-bond acceptors (Lipinski definition) is 3. The predicted octanol–water partition coefficient (Wildman–Crippen LogP) is 5.00. The molecule has 0 saturated carbocycles. The van der Waals surface area contributed by atoms with E-state index in [0.29, 0.717) is 49.6 Å². The molecule has 164 valence electrons. The number of carbonyl (C=O) groups is 2. The number of halogens is 1. The fourth-order valence-electron chi connectivity index (χ4n) is 3.53. The van der Waals surface area contributed by atoms with Crippen LogP contribution in [0, 0.1) is 5.82 Å². The third kappa shape index (κ3) is 5.43. The minimum atomic E-state index is -0.375. The van der Waals surface area contributed by atoms with Crippen molar-refractivity contribution in [3.05, 3.63) is 90.2 Å². The molecule has 4 rings (SSSR count). The van der Waals surface area contributed by atoms with Crippen LogP contribution in [0.25, 0.3) is 0 Å². The summed E-state index contributed by atoms with van der Waals surface area (Å²) >= 11 is 0. The van der Waals surface area contributed by atoms with Crippen LogP contribution < -0.4 is 10.1 Å². The highest BCUT2D eigenvalue weighted by Gasteiger charge is 2.23. The van der Waals surface area contributed by atoms with Gasteiger partial charge in [-0.25, -0.2) is 9.18 Å². The molecule has 1 aliphatic rings. The number of nitrogens with zero attached hydrogens (tertiary/aromatic N) is 2. The summed E-state index contributed by atoms with van der Waals surface area (Å²) in [5, 5.41) is 2.90. The molecule has 0 aromatic heterocycles. The molecule has 3 aromatic carbocycles. The summed E-state index contributed by atoms with van der Waals surface area (Å²) in [6.45, 7) is 1.95.